The average Bonchev–Trinajstić information content (AvgIpc) is 2.89. The van der Waals surface area contributed by atoms with Crippen LogP contribution in [0.5, 0.6) is 0 Å². The van der Waals surface area contributed by atoms with E-state index in [-0.39, 0.29) is 9.79 Å². The van der Waals surface area contributed by atoms with Crippen LogP contribution in [0.15, 0.2) is 64.5 Å². The second-order valence-corrected chi connectivity index (χ2v) is 6.43. The quantitative estimate of drug-likeness (QED) is 0.757. The van der Waals surface area contributed by atoms with Gasteiger partial charge in [0.05, 0.1) is 16.1 Å². The topological polar surface area (TPSA) is 50.6 Å². The largest absolute Gasteiger partial charge is 0.386 e. The molecule has 0 aliphatic carbocycles. The highest BCUT2D eigenvalue weighted by Crippen LogP contribution is 2.33. The van der Waals surface area contributed by atoms with Crippen LogP contribution in [0, 0.1) is 5.95 Å². The molecular formula is C15H13FN2O2S. The van der Waals surface area contributed by atoms with Gasteiger partial charge in [-0.2, -0.15) is 4.39 Å². The molecule has 0 radical (unpaired) electrons. The molecule has 1 aromatic carbocycles. The number of fused-ring (bicyclic) bond motifs is 1. The van der Waals surface area contributed by atoms with Crippen LogP contribution in [0.3, 0.4) is 0 Å². The highest BCUT2D eigenvalue weighted by atomic mass is 32.2. The lowest BCUT2D eigenvalue weighted by atomic mass is 10.4. The fourth-order valence-electron chi connectivity index (χ4n) is 2.31. The summed E-state index contributed by atoms with van der Waals surface area (Å²) >= 11 is 0. The maximum absolute atomic E-state index is 13.8. The summed E-state index contributed by atoms with van der Waals surface area (Å²) in [4.78, 5) is 0.259. The van der Waals surface area contributed by atoms with Crippen molar-refractivity contribution in [1.29, 1.82) is 0 Å². The Morgan fingerprint density at radius 2 is 1.76 bits per heavy atom. The van der Waals surface area contributed by atoms with Crippen molar-refractivity contribution in [1.82, 2.24) is 4.40 Å². The van der Waals surface area contributed by atoms with Crippen LogP contribution in [0.4, 0.5) is 10.1 Å². The molecule has 3 rings (SSSR count). The number of hydrogen-bond donors (Lipinski definition) is 1. The molecule has 1 N–H and O–H groups in total. The fourth-order valence-corrected chi connectivity index (χ4v) is 3.95. The van der Waals surface area contributed by atoms with Crippen molar-refractivity contribution in [2.24, 2.45) is 0 Å². The Labute approximate surface area is 121 Å². The minimum atomic E-state index is -3.73. The molecule has 0 saturated heterocycles. The van der Waals surface area contributed by atoms with E-state index in [0.717, 1.165) is 0 Å². The number of anilines is 1. The van der Waals surface area contributed by atoms with Crippen molar-refractivity contribution < 1.29 is 12.8 Å². The van der Waals surface area contributed by atoms with Gasteiger partial charge < -0.3 is 5.32 Å². The molecule has 0 aliphatic heterocycles. The summed E-state index contributed by atoms with van der Waals surface area (Å²) in [6, 6.07) is 12.5. The molecular weight excluding hydrogens is 291 g/mol. The zero-order valence-electron chi connectivity index (χ0n) is 11.2. The van der Waals surface area contributed by atoms with Gasteiger partial charge in [-0.1, -0.05) is 24.3 Å². The molecule has 108 valence electrons. The summed E-state index contributed by atoms with van der Waals surface area (Å²) in [5.41, 5.74) is 0.673. The summed E-state index contributed by atoms with van der Waals surface area (Å²) in [6.07, 6.45) is 1.44. The SMILES string of the molecule is CNc1cn2c(F)cccc2c1S(=O)(=O)c1ccccc1. The number of aromatic nitrogens is 1. The van der Waals surface area contributed by atoms with Crippen molar-refractivity contribution in [2.75, 3.05) is 12.4 Å². The molecule has 0 spiro atoms. The van der Waals surface area contributed by atoms with E-state index < -0.39 is 15.8 Å². The zero-order valence-corrected chi connectivity index (χ0v) is 12.1. The van der Waals surface area contributed by atoms with Gasteiger partial charge in [-0.05, 0) is 24.3 Å². The van der Waals surface area contributed by atoms with Gasteiger partial charge in [0.25, 0.3) is 0 Å². The van der Waals surface area contributed by atoms with Crippen molar-refractivity contribution in [3.63, 3.8) is 0 Å². The van der Waals surface area contributed by atoms with E-state index >= 15 is 0 Å². The van der Waals surface area contributed by atoms with Gasteiger partial charge in [0, 0.05) is 13.2 Å². The van der Waals surface area contributed by atoms with Crippen molar-refractivity contribution in [3.8, 4) is 0 Å². The normalized spacial score (nSPS) is 11.7. The van der Waals surface area contributed by atoms with Crippen LogP contribution in [0.1, 0.15) is 0 Å². The van der Waals surface area contributed by atoms with Crippen LogP contribution >= 0.6 is 0 Å². The van der Waals surface area contributed by atoms with Gasteiger partial charge in [0.15, 0.2) is 5.95 Å². The Hall–Kier alpha value is -2.34. The predicted molar refractivity (Wildman–Crippen MR) is 78.8 cm³/mol. The molecule has 6 heteroatoms. The highest BCUT2D eigenvalue weighted by molar-refractivity contribution is 7.91. The van der Waals surface area contributed by atoms with Crippen LogP contribution in [0.2, 0.25) is 0 Å². The Morgan fingerprint density at radius 1 is 1.05 bits per heavy atom. The van der Waals surface area contributed by atoms with Crippen molar-refractivity contribution in [2.45, 2.75) is 9.79 Å². The monoisotopic (exact) mass is 304 g/mol. The van der Waals surface area contributed by atoms with Crippen LogP contribution in [-0.4, -0.2) is 19.9 Å². The molecule has 4 nitrogen and oxygen atoms in total. The Balaban J connectivity index is 2.37. The maximum Gasteiger partial charge on any atom is 0.210 e. The molecule has 0 saturated carbocycles. The van der Waals surface area contributed by atoms with E-state index in [0.29, 0.717) is 11.2 Å². The van der Waals surface area contributed by atoms with Crippen LogP contribution in [-0.2, 0) is 9.84 Å². The molecule has 3 aromatic rings. The number of benzene rings is 1. The number of sulfone groups is 1. The van der Waals surface area contributed by atoms with Gasteiger partial charge in [0.2, 0.25) is 9.84 Å². The number of rotatable bonds is 3. The summed E-state index contributed by atoms with van der Waals surface area (Å²) < 4.78 is 40.7. The molecule has 0 bridgehead atoms. The second kappa shape index (κ2) is 4.89. The first-order valence-electron chi connectivity index (χ1n) is 6.33. The molecule has 0 aliphatic rings. The van der Waals surface area contributed by atoms with E-state index in [4.69, 9.17) is 0 Å². The van der Waals surface area contributed by atoms with E-state index in [1.165, 1.54) is 34.9 Å². The third-order valence-electron chi connectivity index (χ3n) is 3.30. The van der Waals surface area contributed by atoms with E-state index in [9.17, 15) is 12.8 Å². The van der Waals surface area contributed by atoms with Gasteiger partial charge in [0.1, 0.15) is 4.90 Å². The third-order valence-corrected chi connectivity index (χ3v) is 5.16. The number of nitrogens with one attached hydrogen (secondary N) is 1. The summed E-state index contributed by atoms with van der Waals surface area (Å²) in [5, 5.41) is 2.82. The first-order valence-corrected chi connectivity index (χ1v) is 7.81. The molecule has 0 amide bonds. The van der Waals surface area contributed by atoms with Gasteiger partial charge >= 0.3 is 0 Å². The standard InChI is InChI=1S/C15H13FN2O2S/c1-17-12-10-18-13(8-5-9-14(18)16)15(12)21(19,20)11-6-3-2-4-7-11/h2-10,17H,1H3. The highest BCUT2D eigenvalue weighted by Gasteiger charge is 2.26. The fraction of sp³-hybridized carbons (Fsp3) is 0.0667. The number of hydrogen-bond acceptors (Lipinski definition) is 3. The molecule has 2 heterocycles. The average molecular weight is 304 g/mol. The molecule has 21 heavy (non-hydrogen) atoms. The molecule has 0 fully saturated rings. The van der Waals surface area contributed by atoms with Gasteiger partial charge in [-0.15, -0.1) is 0 Å². The summed E-state index contributed by atoms with van der Waals surface area (Å²) in [7, 11) is -2.12. The summed E-state index contributed by atoms with van der Waals surface area (Å²) in [6.45, 7) is 0. The maximum atomic E-state index is 13.8. The Bertz CT molecular complexity index is 902. The minimum absolute atomic E-state index is 0.0794. The molecule has 0 atom stereocenters. The van der Waals surface area contributed by atoms with E-state index in [2.05, 4.69) is 5.32 Å². The second-order valence-electron chi connectivity index (χ2n) is 4.54. The smallest absolute Gasteiger partial charge is 0.210 e. The Kier molecular flexibility index (Phi) is 3.17. The number of halogens is 1. The Morgan fingerprint density at radius 3 is 2.43 bits per heavy atom. The first-order chi connectivity index (χ1) is 10.1. The lowest BCUT2D eigenvalue weighted by Crippen LogP contribution is -2.04. The van der Waals surface area contributed by atoms with Crippen LogP contribution in [0.25, 0.3) is 5.52 Å². The molecule has 0 unspecified atom stereocenters. The van der Waals surface area contributed by atoms with Crippen LogP contribution < -0.4 is 5.32 Å². The van der Waals surface area contributed by atoms with Gasteiger partial charge in [-0.3, -0.25) is 4.40 Å². The number of pyridine rings is 1. The van der Waals surface area contributed by atoms with E-state index in [1.54, 1.807) is 31.3 Å². The zero-order chi connectivity index (χ0) is 15.0. The number of nitrogens with zero attached hydrogens (tertiary/aromatic N) is 1. The van der Waals surface area contributed by atoms with E-state index in [1.807, 2.05) is 0 Å². The van der Waals surface area contributed by atoms with Crippen molar-refractivity contribution in [3.05, 3.63) is 60.7 Å². The lowest BCUT2D eigenvalue weighted by Gasteiger charge is -2.06. The predicted octanol–water partition coefficient (Wildman–Crippen LogP) is 2.95. The van der Waals surface area contributed by atoms with Gasteiger partial charge in [-0.25, -0.2) is 8.42 Å². The minimum Gasteiger partial charge on any atom is -0.386 e. The lowest BCUT2D eigenvalue weighted by molar-refractivity contribution is 0.568. The summed E-state index contributed by atoms with van der Waals surface area (Å²) in [5.74, 6) is -0.515. The molecule has 2 aromatic heterocycles. The first kappa shape index (κ1) is 13.6. The van der Waals surface area contributed by atoms with Crippen molar-refractivity contribution >= 4 is 21.0 Å². The third kappa shape index (κ3) is 2.08.